The molecule has 0 spiro atoms. The molecule has 0 fully saturated rings. The summed E-state index contributed by atoms with van der Waals surface area (Å²) >= 11 is -20.4. The molecule has 0 saturated heterocycles. The molecule has 0 rings (SSSR count). The van der Waals surface area contributed by atoms with Crippen LogP contribution in [0.4, 0.5) is 0 Å². The molecule has 0 bridgehead atoms. The van der Waals surface area contributed by atoms with E-state index in [9.17, 15) is 0 Å². The van der Waals surface area contributed by atoms with E-state index < -0.39 is 93.1 Å². The second-order valence-electron chi connectivity index (χ2n) is 1.25. The van der Waals surface area contributed by atoms with Gasteiger partial charge in [-0.05, 0) is 0 Å². The van der Waals surface area contributed by atoms with Crippen LogP contribution in [0.25, 0.3) is 0 Å². The van der Waals surface area contributed by atoms with E-state index in [1.165, 1.54) is 0 Å². The molecule has 0 aliphatic carbocycles. The minimum Gasteiger partial charge on any atom is 2.00 e. The Labute approximate surface area is 233 Å². The molecule has 124 valence electrons. The standard InChI is InChI=1S/2Bi.15O.5Ti.2Zn/q2*+3;;;;;;10*-1;;;;;;2*+2. The van der Waals surface area contributed by atoms with Gasteiger partial charge in [0.1, 0.15) is 0 Å². The maximum Gasteiger partial charge on any atom is 2.00 e. The number of rotatable bonds is 0. The van der Waals surface area contributed by atoms with E-state index in [1.807, 2.05) is 0 Å². The Kier molecular flexibility index (Phi) is 121. The predicted octanol–water partition coefficient (Wildman–Crippen LogP) is -13.3. The molecule has 0 aliphatic rings. The molecule has 0 amide bonds. The first-order chi connectivity index (χ1) is 8.66. The van der Waals surface area contributed by atoms with E-state index in [1.54, 1.807) is 0 Å². The molecular weight excluding hydrogens is 1030 g/mol. The van der Waals surface area contributed by atoms with Gasteiger partial charge in [-0.25, -0.2) is 0 Å². The van der Waals surface area contributed by atoms with Crippen molar-refractivity contribution in [2.45, 2.75) is 0 Å². The minimum atomic E-state index is -4.08. The average molecular weight is 1030 g/mol. The van der Waals surface area contributed by atoms with Crippen molar-refractivity contribution in [1.29, 1.82) is 0 Å². The molecule has 0 atom stereocenters. The van der Waals surface area contributed by atoms with Gasteiger partial charge in [0.2, 0.25) is 0 Å². The zero-order chi connectivity index (χ0) is 17.9. The van der Waals surface area contributed by atoms with E-state index in [0.29, 0.717) is 0 Å². The van der Waals surface area contributed by atoms with Crippen LogP contribution in [0, 0.1) is 0 Å². The first kappa shape index (κ1) is 56.9. The van der Waals surface area contributed by atoms with Gasteiger partial charge in [0.15, 0.2) is 0 Å². The van der Waals surface area contributed by atoms with Gasteiger partial charge in [-0.2, -0.15) is 0 Å². The van der Waals surface area contributed by atoms with E-state index in [0.717, 1.165) is 0 Å². The van der Waals surface area contributed by atoms with Gasteiger partial charge in [-0.15, -0.1) is 0 Å². The Balaban J connectivity index is -0.0000000161. The topological polar surface area (TPSA) is 316 Å². The zero-order valence-corrected chi connectivity index (χ0v) is 31.6. The summed E-state index contributed by atoms with van der Waals surface area (Å²) in [6, 6.07) is 0. The third kappa shape index (κ3) is 693. The van der Waals surface area contributed by atoms with Crippen molar-refractivity contribution < 1.29 is 186 Å². The van der Waals surface area contributed by atoms with E-state index >= 15 is 0 Å². The summed E-state index contributed by atoms with van der Waals surface area (Å²) in [4.78, 5) is 0. The van der Waals surface area contributed by atoms with E-state index in [4.69, 9.17) is 53.5 Å². The zero-order valence-electron chi connectivity index (χ0n) is 10.9. The van der Waals surface area contributed by atoms with Crippen LogP contribution < -0.4 is 36.9 Å². The van der Waals surface area contributed by atoms with Gasteiger partial charge in [0, 0.05) is 0 Å². The van der Waals surface area contributed by atoms with Crippen molar-refractivity contribution in [3.05, 3.63) is 0 Å². The second kappa shape index (κ2) is 51.1. The van der Waals surface area contributed by atoms with Crippen LogP contribution in [-0.4, -0.2) is 52.4 Å². The monoisotopic (exact) mass is 1030 g/mol. The fourth-order valence-electron chi connectivity index (χ4n) is 0. The van der Waals surface area contributed by atoms with Crippen LogP contribution in [0.3, 0.4) is 0 Å². The van der Waals surface area contributed by atoms with Crippen LogP contribution in [-0.2, 0) is 149 Å². The van der Waals surface area contributed by atoms with Crippen LogP contribution in [0.15, 0.2) is 0 Å². The fraction of sp³-hybridized carbons (Fsp3) is 0. The summed E-state index contributed by atoms with van der Waals surface area (Å²) in [5, 5.41) is 0. The Hall–Kier alpha value is 5.18. The van der Waals surface area contributed by atoms with Crippen molar-refractivity contribution >= 4 is 52.4 Å². The predicted molar refractivity (Wildman–Crippen MR) is 14.9 cm³/mol. The smallest absolute Gasteiger partial charge is 2.00 e. The Morgan fingerprint density at radius 3 is 0.333 bits per heavy atom. The van der Waals surface area contributed by atoms with Crippen LogP contribution in [0.5, 0.6) is 0 Å². The molecule has 15 nitrogen and oxygen atoms in total. The number of hydrogen-bond donors (Lipinski definition) is 0. The molecule has 0 aromatic heterocycles. The van der Waals surface area contributed by atoms with Crippen molar-refractivity contribution in [3.63, 3.8) is 0 Å². The number of hydrogen-bond acceptors (Lipinski definition) is 15. The Morgan fingerprint density at radius 2 is 0.333 bits per heavy atom. The first-order valence-electron chi connectivity index (χ1n) is 3.06. The third-order valence-electron chi connectivity index (χ3n) is 0. The second-order valence-corrected chi connectivity index (χ2v) is 5.15. The summed E-state index contributed by atoms with van der Waals surface area (Å²) in [7, 11) is 0. The molecular formula is Bi2O15Ti5Zn2. The molecule has 0 aliphatic heterocycles. The summed E-state index contributed by atoms with van der Waals surface area (Å²) < 4.78 is 129. The summed E-state index contributed by atoms with van der Waals surface area (Å²) in [5.74, 6) is 0. The van der Waals surface area contributed by atoms with Gasteiger partial charge in [0.25, 0.3) is 0 Å². The molecule has 24 heteroatoms. The first-order valence-corrected chi connectivity index (χ1v) is 12.6. The fourth-order valence-corrected chi connectivity index (χ4v) is 0. The normalized spacial score (nSPS) is 5.42. The molecule has 0 unspecified atom stereocenters. The SMILES string of the molecule is [Bi+3].[Bi+3].[O]=[Ti]([O-])[O-].[O]=[Ti]([O-])[O-].[O]=[Ti]([O-])[O-].[O]=[Ti]([O-])[O-].[O]=[Ti]([O-])[O-].[Zn+2].[Zn+2]. The van der Waals surface area contributed by atoms with Gasteiger partial charge >= 0.3 is 238 Å². The van der Waals surface area contributed by atoms with Gasteiger partial charge < -0.3 is 0 Å². The molecule has 0 heterocycles. The minimum absolute atomic E-state index is 0. The van der Waals surface area contributed by atoms with E-state index in [2.05, 4.69) is 0 Å². The molecule has 0 aromatic carbocycles. The molecule has 4 radical (unpaired) electrons. The van der Waals surface area contributed by atoms with Crippen LogP contribution in [0.2, 0.25) is 0 Å². The molecule has 0 saturated carbocycles. The van der Waals surface area contributed by atoms with Crippen molar-refractivity contribution in [2.75, 3.05) is 0 Å². The van der Waals surface area contributed by atoms with Crippen molar-refractivity contribution in [1.82, 2.24) is 0 Å². The Bertz CT molecular complexity index is 221. The van der Waals surface area contributed by atoms with E-state index in [-0.39, 0.29) is 91.4 Å². The van der Waals surface area contributed by atoms with Gasteiger partial charge in [-0.3, -0.25) is 0 Å². The van der Waals surface area contributed by atoms with Gasteiger partial charge in [0.05, 0.1) is 0 Å². The van der Waals surface area contributed by atoms with Crippen molar-refractivity contribution in [2.24, 2.45) is 0 Å². The third-order valence-corrected chi connectivity index (χ3v) is 0. The maximum atomic E-state index is 8.58. The van der Waals surface area contributed by atoms with Crippen LogP contribution in [0.1, 0.15) is 0 Å². The maximum absolute atomic E-state index is 8.58. The quantitative estimate of drug-likeness (QED) is 0.204. The van der Waals surface area contributed by atoms with Gasteiger partial charge in [-0.1, -0.05) is 0 Å². The Morgan fingerprint density at radius 1 is 0.333 bits per heavy atom. The van der Waals surface area contributed by atoms with Crippen molar-refractivity contribution in [3.8, 4) is 0 Å². The van der Waals surface area contributed by atoms with Crippen LogP contribution >= 0.6 is 0 Å². The summed E-state index contributed by atoms with van der Waals surface area (Å²) in [6.07, 6.45) is 0. The molecule has 24 heavy (non-hydrogen) atoms. The average Bonchev–Trinajstić information content (AvgIpc) is 1.94. The molecule has 0 aromatic rings. The summed E-state index contributed by atoms with van der Waals surface area (Å²) in [5.41, 5.74) is 0. The largest absolute Gasteiger partial charge is 2.00 e. The molecule has 0 N–H and O–H groups in total. The summed E-state index contributed by atoms with van der Waals surface area (Å²) in [6.45, 7) is 0.